The number of hydrogen-bond acceptors (Lipinski definition) is 4. The van der Waals surface area contributed by atoms with E-state index in [4.69, 9.17) is 13.9 Å². The smallest absolute Gasteiger partial charge is 0.261 e. The Balaban J connectivity index is 1.72. The molecule has 0 aliphatic rings. The van der Waals surface area contributed by atoms with Gasteiger partial charge in [0.25, 0.3) is 8.32 Å². The summed E-state index contributed by atoms with van der Waals surface area (Å²) in [6.07, 6.45) is -1.25. The molecule has 1 N–H and O–H groups in total. The number of aliphatic hydroxyl groups is 1. The van der Waals surface area contributed by atoms with Gasteiger partial charge < -0.3 is 19.0 Å². The van der Waals surface area contributed by atoms with Crippen LogP contribution in [0, 0.1) is 0 Å². The lowest BCUT2D eigenvalue weighted by molar-refractivity contribution is -0.112. The van der Waals surface area contributed by atoms with Gasteiger partial charge in [0.1, 0.15) is 6.10 Å². The van der Waals surface area contributed by atoms with E-state index < -0.39 is 26.6 Å². The van der Waals surface area contributed by atoms with Crippen LogP contribution in [-0.2, 0) is 27.1 Å². The summed E-state index contributed by atoms with van der Waals surface area (Å²) in [6, 6.07) is 41.5. The molecule has 0 bridgehead atoms. The van der Waals surface area contributed by atoms with Crippen LogP contribution in [0.15, 0.2) is 133 Å². The standard InChI is InChI=1S/C38H46O4Si/c1-30(2)35(39)26-36(40-27-31-18-10-6-11-19-31)37(41-28-32-20-12-7-13-21-32)29-42-43(38(3,4)5,33-22-14-8-15-23-33)34-24-16-9-17-25-34/h6-25,35-37,39H,1,26-29H2,2-5H3/t35?,36-,37-/m0/s1. The van der Waals surface area contributed by atoms with Gasteiger partial charge in [-0.3, -0.25) is 0 Å². The maximum absolute atomic E-state index is 11.0. The molecule has 0 aromatic heterocycles. The third kappa shape index (κ3) is 8.62. The van der Waals surface area contributed by atoms with Crippen molar-refractivity contribution in [3.8, 4) is 0 Å². The van der Waals surface area contributed by atoms with E-state index in [-0.39, 0.29) is 5.04 Å². The van der Waals surface area contributed by atoms with Crippen LogP contribution in [0.5, 0.6) is 0 Å². The first-order valence-electron chi connectivity index (χ1n) is 15.1. The number of benzene rings is 4. The fourth-order valence-corrected chi connectivity index (χ4v) is 10.1. The Morgan fingerprint density at radius 2 is 1.07 bits per heavy atom. The van der Waals surface area contributed by atoms with Crippen molar-refractivity contribution in [2.75, 3.05) is 6.61 Å². The second-order valence-corrected chi connectivity index (χ2v) is 16.5. The van der Waals surface area contributed by atoms with E-state index in [9.17, 15) is 5.11 Å². The zero-order valence-electron chi connectivity index (χ0n) is 26.0. The van der Waals surface area contributed by atoms with Crippen molar-refractivity contribution in [2.45, 2.75) is 70.7 Å². The molecule has 0 radical (unpaired) electrons. The van der Waals surface area contributed by atoms with Crippen molar-refractivity contribution in [3.63, 3.8) is 0 Å². The van der Waals surface area contributed by atoms with E-state index in [1.165, 1.54) is 10.4 Å². The first kappa shape index (κ1) is 32.6. The van der Waals surface area contributed by atoms with E-state index >= 15 is 0 Å². The van der Waals surface area contributed by atoms with Crippen molar-refractivity contribution in [2.24, 2.45) is 0 Å². The molecule has 0 fully saturated rings. The fraction of sp³-hybridized carbons (Fsp3) is 0.316. The van der Waals surface area contributed by atoms with E-state index in [0.29, 0.717) is 31.8 Å². The molecule has 4 nitrogen and oxygen atoms in total. The van der Waals surface area contributed by atoms with Gasteiger partial charge in [-0.2, -0.15) is 0 Å². The number of ether oxygens (including phenoxy) is 2. The minimum absolute atomic E-state index is 0.183. The highest BCUT2D eigenvalue weighted by Gasteiger charge is 2.50. The third-order valence-corrected chi connectivity index (χ3v) is 12.9. The summed E-state index contributed by atoms with van der Waals surface area (Å²) in [5.41, 5.74) is 2.83. The molecule has 0 amide bonds. The molecule has 0 saturated carbocycles. The molecule has 0 aliphatic heterocycles. The average Bonchev–Trinajstić information content (AvgIpc) is 3.02. The SMILES string of the molecule is C=C(C)C(O)C[C@H](OCc1ccccc1)[C@H](CO[Si](c1ccccc1)(c1ccccc1)C(C)(C)C)OCc1ccccc1. The maximum atomic E-state index is 11.0. The highest BCUT2D eigenvalue weighted by molar-refractivity contribution is 6.99. The minimum atomic E-state index is -2.83. The molecule has 43 heavy (non-hydrogen) atoms. The van der Waals surface area contributed by atoms with Gasteiger partial charge in [-0.05, 0) is 33.5 Å². The molecule has 4 aromatic carbocycles. The summed E-state index contributed by atoms with van der Waals surface area (Å²) < 4.78 is 20.6. The Morgan fingerprint density at radius 3 is 1.47 bits per heavy atom. The normalized spacial score (nSPS) is 14.2. The third-order valence-electron chi connectivity index (χ3n) is 7.93. The Hall–Kier alpha value is -3.32. The van der Waals surface area contributed by atoms with Crippen LogP contribution in [-0.4, -0.2) is 38.3 Å². The van der Waals surface area contributed by atoms with Crippen LogP contribution in [0.3, 0.4) is 0 Å². The van der Waals surface area contributed by atoms with Gasteiger partial charge in [-0.15, -0.1) is 0 Å². The first-order chi connectivity index (χ1) is 20.7. The number of aliphatic hydroxyl groups excluding tert-OH is 1. The molecular weight excluding hydrogens is 549 g/mol. The molecule has 3 atom stereocenters. The lowest BCUT2D eigenvalue weighted by Gasteiger charge is -2.44. The van der Waals surface area contributed by atoms with Gasteiger partial charge in [0, 0.05) is 6.42 Å². The van der Waals surface area contributed by atoms with Gasteiger partial charge >= 0.3 is 0 Å². The average molecular weight is 595 g/mol. The molecule has 0 aliphatic carbocycles. The lowest BCUT2D eigenvalue weighted by atomic mass is 10.0. The highest BCUT2D eigenvalue weighted by atomic mass is 28.4. The van der Waals surface area contributed by atoms with Crippen LogP contribution in [0.4, 0.5) is 0 Å². The molecule has 1 unspecified atom stereocenters. The fourth-order valence-electron chi connectivity index (χ4n) is 5.53. The van der Waals surface area contributed by atoms with Gasteiger partial charge in [0.2, 0.25) is 0 Å². The van der Waals surface area contributed by atoms with Crippen LogP contribution < -0.4 is 10.4 Å². The van der Waals surface area contributed by atoms with E-state index in [1.54, 1.807) is 0 Å². The predicted octanol–water partition coefficient (Wildman–Crippen LogP) is 7.06. The van der Waals surface area contributed by atoms with Crippen molar-refractivity contribution in [1.29, 1.82) is 0 Å². The monoisotopic (exact) mass is 594 g/mol. The second kappa shape index (κ2) is 15.4. The molecule has 5 heteroatoms. The predicted molar refractivity (Wildman–Crippen MR) is 179 cm³/mol. The zero-order chi connectivity index (χ0) is 30.7. The van der Waals surface area contributed by atoms with E-state index in [0.717, 1.165) is 11.1 Å². The Labute approximate surface area is 259 Å². The lowest BCUT2D eigenvalue weighted by Crippen LogP contribution is -2.67. The minimum Gasteiger partial charge on any atom is -0.405 e. The Bertz CT molecular complexity index is 1330. The summed E-state index contributed by atoms with van der Waals surface area (Å²) in [5, 5.41) is 13.2. The summed E-state index contributed by atoms with van der Waals surface area (Å²) >= 11 is 0. The molecule has 4 rings (SSSR count). The second-order valence-electron chi connectivity index (χ2n) is 12.2. The molecule has 226 valence electrons. The Morgan fingerprint density at radius 1 is 0.674 bits per heavy atom. The van der Waals surface area contributed by atoms with Crippen LogP contribution in [0.25, 0.3) is 0 Å². The summed E-state index contributed by atoms with van der Waals surface area (Å²) in [7, 11) is -2.83. The van der Waals surface area contributed by atoms with Gasteiger partial charge in [-0.25, -0.2) is 0 Å². The summed E-state index contributed by atoms with van der Waals surface area (Å²) in [4.78, 5) is 0. The number of hydrogen-bond donors (Lipinski definition) is 1. The van der Waals surface area contributed by atoms with Gasteiger partial charge in [0.05, 0.1) is 32.0 Å². The van der Waals surface area contributed by atoms with Crippen molar-refractivity contribution >= 4 is 18.7 Å². The number of rotatable bonds is 15. The first-order valence-corrected chi connectivity index (χ1v) is 17.0. The maximum Gasteiger partial charge on any atom is 0.261 e. The Kier molecular flexibility index (Phi) is 11.7. The molecule has 0 saturated heterocycles. The van der Waals surface area contributed by atoms with Gasteiger partial charge in [0.15, 0.2) is 0 Å². The molecule has 4 aromatic rings. The highest BCUT2D eigenvalue weighted by Crippen LogP contribution is 2.37. The van der Waals surface area contributed by atoms with Crippen molar-refractivity contribution < 1.29 is 19.0 Å². The molecule has 0 heterocycles. The topological polar surface area (TPSA) is 47.9 Å². The van der Waals surface area contributed by atoms with Crippen LogP contribution >= 0.6 is 0 Å². The largest absolute Gasteiger partial charge is 0.405 e. The molecule has 0 spiro atoms. The van der Waals surface area contributed by atoms with Crippen molar-refractivity contribution in [3.05, 3.63) is 145 Å². The summed E-state index contributed by atoms with van der Waals surface area (Å²) in [6.45, 7) is 13.8. The van der Waals surface area contributed by atoms with E-state index in [1.807, 2.05) is 55.5 Å². The van der Waals surface area contributed by atoms with Gasteiger partial charge in [-0.1, -0.05) is 154 Å². The quantitative estimate of drug-likeness (QED) is 0.118. The summed E-state index contributed by atoms with van der Waals surface area (Å²) in [5.74, 6) is 0. The van der Waals surface area contributed by atoms with Crippen molar-refractivity contribution in [1.82, 2.24) is 0 Å². The molecular formula is C38H46O4Si. The zero-order valence-corrected chi connectivity index (χ0v) is 27.0. The van der Waals surface area contributed by atoms with Crippen LogP contribution in [0.2, 0.25) is 5.04 Å². The van der Waals surface area contributed by atoms with E-state index in [2.05, 4.69) is 100 Å². The van der Waals surface area contributed by atoms with Crippen LogP contribution in [0.1, 0.15) is 45.2 Å².